The Kier molecular flexibility index (Phi) is 7.14. The van der Waals surface area contributed by atoms with Gasteiger partial charge in [-0.2, -0.15) is 0 Å². The normalized spacial score (nSPS) is 21.8. The number of nitrogens with zero attached hydrogens (tertiary/aromatic N) is 1. The number of rotatable bonds is 5. The molecular weight excluding hydrogens is 316 g/mol. The molecule has 1 fully saturated rings. The molecular formula is C21H29ClN2. The first kappa shape index (κ1) is 18.8. The van der Waals surface area contributed by atoms with Crippen LogP contribution in [0.25, 0.3) is 0 Å². The monoisotopic (exact) mass is 344 g/mol. The third-order valence-corrected chi connectivity index (χ3v) is 5.06. The zero-order valence-corrected chi connectivity index (χ0v) is 15.5. The van der Waals surface area contributed by atoms with Crippen LogP contribution in [0.5, 0.6) is 0 Å². The highest BCUT2D eigenvalue weighted by molar-refractivity contribution is 5.85. The third kappa shape index (κ3) is 4.75. The predicted octanol–water partition coefficient (Wildman–Crippen LogP) is 5.38. The molecule has 1 aliphatic rings. The van der Waals surface area contributed by atoms with Gasteiger partial charge in [0.1, 0.15) is 0 Å². The van der Waals surface area contributed by atoms with E-state index in [0.29, 0.717) is 12.1 Å². The number of benzene rings is 2. The van der Waals surface area contributed by atoms with Crippen LogP contribution in [0.1, 0.15) is 37.3 Å². The van der Waals surface area contributed by atoms with Gasteiger partial charge in [-0.1, -0.05) is 48.5 Å². The minimum Gasteiger partial charge on any atom is -0.382 e. The van der Waals surface area contributed by atoms with Crippen molar-refractivity contribution in [1.82, 2.24) is 4.90 Å². The summed E-state index contributed by atoms with van der Waals surface area (Å²) >= 11 is 0. The average molecular weight is 345 g/mol. The van der Waals surface area contributed by atoms with Gasteiger partial charge in [0.05, 0.1) is 0 Å². The second kappa shape index (κ2) is 9.10. The number of hydrogen-bond acceptors (Lipinski definition) is 2. The predicted molar refractivity (Wildman–Crippen MR) is 106 cm³/mol. The van der Waals surface area contributed by atoms with Crippen LogP contribution in [0, 0.1) is 5.92 Å². The Hall–Kier alpha value is -1.51. The molecule has 0 radical (unpaired) electrons. The standard InChI is InChI=1S/C21H28N2.ClH/c1-23(2)21(17-9-5-3-6-10-17)18-13-15-20(16-14-18)22-19-11-7-4-8-12-19;/h3-12,18,20-22H,13-16H2,1-2H3;1H. The van der Waals surface area contributed by atoms with Crippen LogP contribution in [0.15, 0.2) is 60.7 Å². The van der Waals surface area contributed by atoms with Crippen molar-refractivity contribution in [2.75, 3.05) is 19.4 Å². The molecule has 0 bridgehead atoms. The Morgan fingerprint density at radius 2 is 1.38 bits per heavy atom. The van der Waals surface area contributed by atoms with Crippen molar-refractivity contribution in [2.45, 2.75) is 37.8 Å². The largest absolute Gasteiger partial charge is 0.382 e. The summed E-state index contributed by atoms with van der Waals surface area (Å²) in [6, 6.07) is 22.7. The van der Waals surface area contributed by atoms with Gasteiger partial charge in [-0.05, 0) is 63.4 Å². The van der Waals surface area contributed by atoms with Gasteiger partial charge in [0.25, 0.3) is 0 Å². The second-order valence-electron chi connectivity index (χ2n) is 6.94. The molecule has 1 aliphatic carbocycles. The van der Waals surface area contributed by atoms with Gasteiger partial charge in [0.15, 0.2) is 0 Å². The summed E-state index contributed by atoms with van der Waals surface area (Å²) in [5.41, 5.74) is 2.71. The fourth-order valence-corrected chi connectivity index (χ4v) is 3.99. The van der Waals surface area contributed by atoms with Crippen molar-refractivity contribution < 1.29 is 0 Å². The fraction of sp³-hybridized carbons (Fsp3) is 0.429. The highest BCUT2D eigenvalue weighted by atomic mass is 35.5. The van der Waals surface area contributed by atoms with E-state index in [4.69, 9.17) is 0 Å². The van der Waals surface area contributed by atoms with E-state index in [9.17, 15) is 0 Å². The highest BCUT2D eigenvalue weighted by Gasteiger charge is 2.29. The fourth-order valence-electron chi connectivity index (χ4n) is 3.99. The molecule has 130 valence electrons. The molecule has 3 rings (SSSR count). The molecule has 2 nitrogen and oxygen atoms in total. The maximum absolute atomic E-state index is 3.70. The molecule has 0 spiro atoms. The average Bonchev–Trinajstić information content (AvgIpc) is 2.58. The van der Waals surface area contributed by atoms with E-state index in [2.05, 4.69) is 85.0 Å². The van der Waals surface area contributed by atoms with Crippen molar-refractivity contribution in [2.24, 2.45) is 5.92 Å². The third-order valence-electron chi connectivity index (χ3n) is 5.06. The first-order chi connectivity index (χ1) is 11.2. The van der Waals surface area contributed by atoms with E-state index >= 15 is 0 Å². The molecule has 0 aromatic heterocycles. The van der Waals surface area contributed by atoms with E-state index in [1.54, 1.807) is 0 Å². The van der Waals surface area contributed by atoms with Gasteiger partial charge in [-0.15, -0.1) is 12.4 Å². The van der Waals surface area contributed by atoms with Gasteiger partial charge >= 0.3 is 0 Å². The molecule has 1 atom stereocenters. The molecule has 1 N–H and O–H groups in total. The van der Waals surface area contributed by atoms with Crippen molar-refractivity contribution in [1.29, 1.82) is 0 Å². The summed E-state index contributed by atoms with van der Waals surface area (Å²) in [4.78, 5) is 2.39. The van der Waals surface area contributed by atoms with Crippen LogP contribution in [-0.4, -0.2) is 25.0 Å². The molecule has 0 amide bonds. The molecule has 0 heterocycles. The number of anilines is 1. The molecule has 0 aliphatic heterocycles. The summed E-state index contributed by atoms with van der Waals surface area (Å²) in [7, 11) is 4.43. The van der Waals surface area contributed by atoms with Crippen LogP contribution in [0.4, 0.5) is 5.69 Å². The molecule has 3 heteroatoms. The summed E-state index contributed by atoms with van der Waals surface area (Å²) in [6.45, 7) is 0. The first-order valence-electron chi connectivity index (χ1n) is 8.77. The summed E-state index contributed by atoms with van der Waals surface area (Å²) in [5.74, 6) is 0.751. The van der Waals surface area contributed by atoms with E-state index < -0.39 is 0 Å². The second-order valence-corrected chi connectivity index (χ2v) is 6.94. The number of nitrogens with one attached hydrogen (secondary N) is 1. The zero-order chi connectivity index (χ0) is 16.1. The zero-order valence-electron chi connectivity index (χ0n) is 14.7. The Bertz CT molecular complexity index is 577. The van der Waals surface area contributed by atoms with Gasteiger partial charge in [0.2, 0.25) is 0 Å². The topological polar surface area (TPSA) is 15.3 Å². The lowest BCUT2D eigenvalue weighted by Crippen LogP contribution is -2.33. The van der Waals surface area contributed by atoms with Crippen molar-refractivity contribution in [3.63, 3.8) is 0 Å². The Morgan fingerprint density at radius 3 is 1.92 bits per heavy atom. The quantitative estimate of drug-likeness (QED) is 0.783. The van der Waals surface area contributed by atoms with E-state index in [1.807, 2.05) is 0 Å². The van der Waals surface area contributed by atoms with Crippen LogP contribution >= 0.6 is 12.4 Å². The SMILES string of the molecule is CN(C)C(c1ccccc1)C1CCC(Nc2ccccc2)CC1.Cl. The lowest BCUT2D eigenvalue weighted by molar-refractivity contribution is 0.167. The van der Waals surface area contributed by atoms with Crippen LogP contribution in [0.3, 0.4) is 0 Å². The first-order valence-corrected chi connectivity index (χ1v) is 8.77. The van der Waals surface area contributed by atoms with Gasteiger partial charge in [-0.3, -0.25) is 0 Å². The Labute approximate surface area is 152 Å². The van der Waals surface area contributed by atoms with Crippen molar-refractivity contribution >= 4 is 18.1 Å². The lowest BCUT2D eigenvalue weighted by Gasteiger charge is -2.38. The van der Waals surface area contributed by atoms with E-state index in [0.717, 1.165) is 5.92 Å². The summed E-state index contributed by atoms with van der Waals surface area (Å²) in [5, 5.41) is 3.70. The van der Waals surface area contributed by atoms with Gasteiger partial charge in [0, 0.05) is 17.8 Å². The number of para-hydroxylation sites is 1. The Morgan fingerprint density at radius 1 is 0.833 bits per heavy atom. The summed E-state index contributed by atoms with van der Waals surface area (Å²) in [6.07, 6.45) is 5.11. The van der Waals surface area contributed by atoms with Crippen molar-refractivity contribution in [3.05, 3.63) is 66.2 Å². The van der Waals surface area contributed by atoms with Gasteiger partial charge < -0.3 is 10.2 Å². The van der Waals surface area contributed by atoms with Crippen molar-refractivity contribution in [3.8, 4) is 0 Å². The molecule has 1 unspecified atom stereocenters. The minimum absolute atomic E-state index is 0. The van der Waals surface area contributed by atoms with Gasteiger partial charge in [-0.25, -0.2) is 0 Å². The minimum atomic E-state index is 0. The molecule has 2 aromatic carbocycles. The maximum atomic E-state index is 3.70. The molecule has 0 saturated heterocycles. The smallest absolute Gasteiger partial charge is 0.0370 e. The van der Waals surface area contributed by atoms with E-state index in [-0.39, 0.29) is 12.4 Å². The van der Waals surface area contributed by atoms with Crippen LogP contribution < -0.4 is 5.32 Å². The number of hydrogen-bond donors (Lipinski definition) is 1. The Balaban J connectivity index is 0.00000208. The molecule has 24 heavy (non-hydrogen) atoms. The number of halogens is 1. The maximum Gasteiger partial charge on any atom is 0.0370 e. The van der Waals surface area contributed by atoms with Crippen LogP contribution in [-0.2, 0) is 0 Å². The highest BCUT2D eigenvalue weighted by Crippen LogP contribution is 2.37. The lowest BCUT2D eigenvalue weighted by atomic mass is 9.78. The molecule has 1 saturated carbocycles. The van der Waals surface area contributed by atoms with E-state index in [1.165, 1.54) is 36.9 Å². The molecule has 2 aromatic rings. The van der Waals surface area contributed by atoms with Crippen LogP contribution in [0.2, 0.25) is 0 Å². The summed E-state index contributed by atoms with van der Waals surface area (Å²) < 4.78 is 0.